The third-order valence-electron chi connectivity index (χ3n) is 15.2. The van der Waals surface area contributed by atoms with Gasteiger partial charge in [-0.05, 0) is 114 Å². The van der Waals surface area contributed by atoms with Crippen molar-refractivity contribution in [3.8, 4) is 33.6 Å². The molecule has 14 heteroatoms. The largest absolute Gasteiger partial charge is 0.453 e. The van der Waals surface area contributed by atoms with Gasteiger partial charge in [0.1, 0.15) is 23.7 Å². The number of aryl methyl sites for hydroxylation is 2. The monoisotopic (exact) mass is 949 g/mol. The van der Waals surface area contributed by atoms with Crippen LogP contribution in [0.1, 0.15) is 131 Å². The number of likely N-dealkylation sites (tertiary alicyclic amines) is 2. The first kappa shape index (κ1) is 48.3. The second-order valence-electron chi connectivity index (χ2n) is 20.2. The van der Waals surface area contributed by atoms with E-state index in [0.717, 1.165) is 92.0 Å². The van der Waals surface area contributed by atoms with Crippen molar-refractivity contribution in [2.45, 2.75) is 122 Å². The maximum atomic E-state index is 13.7. The van der Waals surface area contributed by atoms with Crippen molar-refractivity contribution in [2.75, 3.05) is 27.3 Å². The zero-order valence-corrected chi connectivity index (χ0v) is 41.6. The van der Waals surface area contributed by atoms with Gasteiger partial charge in [-0.15, -0.1) is 0 Å². The fourth-order valence-corrected chi connectivity index (χ4v) is 11.3. The second-order valence-corrected chi connectivity index (χ2v) is 20.2. The Bertz CT molecular complexity index is 2740. The molecular weight excluding hydrogens is 881 g/mol. The van der Waals surface area contributed by atoms with Gasteiger partial charge in [-0.3, -0.25) is 9.59 Å². The van der Waals surface area contributed by atoms with Crippen LogP contribution in [0, 0.1) is 17.8 Å². The molecule has 0 spiro atoms. The maximum absolute atomic E-state index is 13.7. The van der Waals surface area contributed by atoms with E-state index in [-0.39, 0.29) is 35.7 Å². The van der Waals surface area contributed by atoms with Gasteiger partial charge in [0.15, 0.2) is 0 Å². The Kier molecular flexibility index (Phi) is 14.3. The molecule has 0 radical (unpaired) electrons. The number of amides is 4. The van der Waals surface area contributed by atoms with E-state index < -0.39 is 24.3 Å². The van der Waals surface area contributed by atoms with Crippen LogP contribution in [-0.2, 0) is 31.9 Å². The summed E-state index contributed by atoms with van der Waals surface area (Å²) in [6.07, 6.45) is 13.7. The number of rotatable bonds is 13. The minimum absolute atomic E-state index is 0.101. The van der Waals surface area contributed by atoms with Gasteiger partial charge in [-0.1, -0.05) is 101 Å². The smallest absolute Gasteiger partial charge is 0.407 e. The van der Waals surface area contributed by atoms with Crippen LogP contribution >= 0.6 is 0 Å². The topological polar surface area (TPSA) is 175 Å². The summed E-state index contributed by atoms with van der Waals surface area (Å²) in [5.74, 6) is 1.82. The summed E-state index contributed by atoms with van der Waals surface area (Å²) >= 11 is 0. The highest BCUT2D eigenvalue weighted by molar-refractivity contribution is 5.87. The molecule has 6 atom stereocenters. The van der Waals surface area contributed by atoms with Crippen LogP contribution in [0.25, 0.3) is 39.2 Å². The minimum atomic E-state index is -0.683. The Labute approximate surface area is 411 Å². The number of allylic oxidation sites excluding steroid dienone is 2. The van der Waals surface area contributed by atoms with Gasteiger partial charge in [0.2, 0.25) is 11.8 Å². The van der Waals surface area contributed by atoms with Crippen LogP contribution in [0.4, 0.5) is 9.59 Å². The van der Waals surface area contributed by atoms with E-state index in [0.29, 0.717) is 24.9 Å². The summed E-state index contributed by atoms with van der Waals surface area (Å²) in [5, 5.41) is 5.47. The summed E-state index contributed by atoms with van der Waals surface area (Å²) in [6, 6.07) is 20.8. The SMILES string of the molecule is CCC1/C=C(/c2ccc(-c3c[nH]c([C@@H]4CCCN4C(=O)[C@@H](NC(=O)OC)C(C)C)n3)cc2)C2CCc3cc(-c4ccc(-c5c[nH]c([C@@H]6CCCN6C(=O)[C@@H](NC(=O)OC)C(C)C)n5)cc4)c(cc32)CC1. The number of benzene rings is 3. The Balaban J connectivity index is 0.908. The highest BCUT2D eigenvalue weighted by Crippen LogP contribution is 2.47. The van der Waals surface area contributed by atoms with Crippen molar-refractivity contribution in [3.05, 3.63) is 113 Å². The number of imidazole rings is 2. The molecule has 4 aliphatic rings. The Morgan fingerprint density at radius 2 is 1.14 bits per heavy atom. The third-order valence-corrected chi connectivity index (χ3v) is 15.2. The summed E-state index contributed by atoms with van der Waals surface area (Å²) < 4.78 is 9.62. The molecule has 14 nitrogen and oxygen atoms in total. The van der Waals surface area contributed by atoms with Crippen LogP contribution in [0.2, 0.25) is 0 Å². The van der Waals surface area contributed by atoms with Crippen molar-refractivity contribution >= 4 is 29.6 Å². The van der Waals surface area contributed by atoms with Crippen molar-refractivity contribution in [3.63, 3.8) is 0 Å². The molecule has 2 aromatic heterocycles. The van der Waals surface area contributed by atoms with Gasteiger partial charge in [-0.2, -0.15) is 0 Å². The normalized spacial score (nSPS) is 21.4. The predicted octanol–water partition coefficient (Wildman–Crippen LogP) is 10.3. The zero-order valence-electron chi connectivity index (χ0n) is 41.6. The third kappa shape index (κ3) is 9.74. The number of ether oxygens (including phenoxy) is 2. The van der Waals surface area contributed by atoms with Crippen molar-refractivity contribution in [1.29, 1.82) is 0 Å². The van der Waals surface area contributed by atoms with Crippen LogP contribution < -0.4 is 10.6 Å². The first-order valence-electron chi connectivity index (χ1n) is 25.3. The van der Waals surface area contributed by atoms with Crippen LogP contribution in [0.3, 0.4) is 0 Å². The highest BCUT2D eigenvalue weighted by atomic mass is 16.5. The molecule has 2 aliphatic heterocycles. The average molecular weight is 949 g/mol. The Morgan fingerprint density at radius 1 is 0.657 bits per heavy atom. The molecule has 4 amide bonds. The molecule has 2 bridgehead atoms. The fourth-order valence-electron chi connectivity index (χ4n) is 11.3. The molecule has 70 heavy (non-hydrogen) atoms. The van der Waals surface area contributed by atoms with Crippen LogP contribution in [-0.4, -0.2) is 93.1 Å². The van der Waals surface area contributed by atoms with E-state index in [2.05, 4.69) is 94.3 Å². The average Bonchev–Trinajstić information content (AvgIpc) is 4.24. The lowest BCUT2D eigenvalue weighted by Gasteiger charge is -2.29. The number of hydrogen-bond acceptors (Lipinski definition) is 8. The standard InChI is InChI=1S/C56H68N8O6/c1-8-34-13-14-39-29-44-40(28-42(39)35-15-19-37(20-16-35)45-30-57-51(59-45)47-11-9-25-63(47)53(65)49(32(2)3)61-55(67)69-6)23-24-41(44)43(27-34)36-17-21-38(22-18-36)46-31-58-52(60-46)48-12-10-26-64(48)54(66)50(33(4)5)62-56(68)70-7/h15-22,27-34,41,47-50H,8-14,23-26H2,1-7H3,(H,57,59)(H,58,60)(H,61,67)(H,62,68)/b43-27-/t34?,41?,47-,48-,49-,50-/m0/s1. The van der Waals surface area contributed by atoms with Crippen LogP contribution in [0.5, 0.6) is 0 Å². The number of aromatic amines is 2. The van der Waals surface area contributed by atoms with E-state index in [1.807, 2.05) is 49.9 Å². The number of nitrogens with zero attached hydrogens (tertiary/aromatic N) is 4. The van der Waals surface area contributed by atoms with Gasteiger partial charge in [0, 0.05) is 42.5 Å². The minimum Gasteiger partial charge on any atom is -0.453 e. The molecule has 2 aliphatic carbocycles. The van der Waals surface area contributed by atoms with Crippen molar-refractivity contribution in [1.82, 2.24) is 40.4 Å². The highest BCUT2D eigenvalue weighted by Gasteiger charge is 2.39. The number of fused-ring (bicyclic) bond motifs is 1. The van der Waals surface area contributed by atoms with E-state index in [4.69, 9.17) is 19.4 Å². The molecule has 2 unspecified atom stereocenters. The maximum Gasteiger partial charge on any atom is 0.407 e. The second kappa shape index (κ2) is 20.7. The molecule has 2 fully saturated rings. The molecule has 368 valence electrons. The molecule has 0 saturated carbocycles. The van der Waals surface area contributed by atoms with Crippen molar-refractivity contribution < 1.29 is 28.7 Å². The number of alkyl carbamates (subject to hydrolysis) is 2. The summed E-state index contributed by atoms with van der Waals surface area (Å²) in [6.45, 7) is 11.2. The fraction of sp³-hybridized carbons (Fsp3) is 0.464. The van der Waals surface area contributed by atoms with E-state index >= 15 is 0 Å². The predicted molar refractivity (Wildman–Crippen MR) is 270 cm³/mol. The number of carbonyl (C=O) groups is 4. The lowest BCUT2D eigenvalue weighted by Crippen LogP contribution is -2.51. The van der Waals surface area contributed by atoms with Crippen molar-refractivity contribution in [2.24, 2.45) is 17.8 Å². The summed E-state index contributed by atoms with van der Waals surface area (Å²) in [5.41, 5.74) is 13.1. The number of hydrogen-bond donors (Lipinski definition) is 4. The molecule has 3 aromatic carbocycles. The molecule has 5 aromatic rings. The molecule has 9 rings (SSSR count). The molecule has 4 heterocycles. The quantitative estimate of drug-likeness (QED) is 0.0902. The Hall–Kier alpha value is -6.70. The van der Waals surface area contributed by atoms with E-state index in [1.165, 1.54) is 53.2 Å². The van der Waals surface area contributed by atoms with Gasteiger partial charge >= 0.3 is 12.2 Å². The lowest BCUT2D eigenvalue weighted by molar-refractivity contribution is -0.136. The molecule has 2 saturated heterocycles. The zero-order chi connectivity index (χ0) is 49.2. The number of nitrogens with one attached hydrogen (secondary N) is 4. The number of methoxy groups -OCH3 is 2. The summed E-state index contributed by atoms with van der Waals surface area (Å²) in [4.78, 5) is 72.1. The van der Waals surface area contributed by atoms with Crippen LogP contribution in [0.15, 0.2) is 79.1 Å². The number of H-pyrrole nitrogens is 2. The molecular formula is C56H68N8O6. The molecule has 4 N–H and O–H groups in total. The van der Waals surface area contributed by atoms with Gasteiger partial charge in [-0.25, -0.2) is 19.6 Å². The lowest BCUT2D eigenvalue weighted by atomic mass is 9.84. The first-order chi connectivity index (χ1) is 33.8. The Morgan fingerprint density at radius 3 is 1.63 bits per heavy atom. The number of aromatic nitrogens is 4. The van der Waals surface area contributed by atoms with E-state index in [9.17, 15) is 19.2 Å². The van der Waals surface area contributed by atoms with Gasteiger partial charge < -0.3 is 39.9 Å². The number of carbonyl (C=O) groups excluding carboxylic acids is 4. The van der Waals surface area contributed by atoms with E-state index in [1.54, 1.807) is 0 Å². The van der Waals surface area contributed by atoms with Gasteiger partial charge in [0.05, 0.1) is 37.7 Å². The first-order valence-corrected chi connectivity index (χ1v) is 25.3. The summed E-state index contributed by atoms with van der Waals surface area (Å²) in [7, 11) is 2.61. The van der Waals surface area contributed by atoms with Gasteiger partial charge in [0.25, 0.3) is 0 Å².